The zero-order valence-corrected chi connectivity index (χ0v) is 19.5. The van der Waals surface area contributed by atoms with Crippen LogP contribution in [0, 0.1) is 5.92 Å². The monoisotopic (exact) mass is 463 g/mol. The lowest BCUT2D eigenvalue weighted by Gasteiger charge is -2.24. The number of fused-ring (bicyclic) bond motifs is 2. The van der Waals surface area contributed by atoms with Crippen LogP contribution in [0.5, 0.6) is 0 Å². The van der Waals surface area contributed by atoms with Gasteiger partial charge in [0.05, 0.1) is 11.2 Å². The molecule has 0 bridgehead atoms. The molecule has 6 nitrogen and oxygen atoms in total. The minimum Gasteiger partial charge on any atom is -0.369 e. The average Bonchev–Trinajstić information content (AvgIpc) is 3.39. The molecule has 2 aliphatic carbocycles. The van der Waals surface area contributed by atoms with Gasteiger partial charge in [-0.2, -0.15) is 0 Å². The Kier molecular flexibility index (Phi) is 5.97. The van der Waals surface area contributed by atoms with Crippen molar-refractivity contribution in [2.75, 3.05) is 23.3 Å². The van der Waals surface area contributed by atoms with E-state index in [1.807, 2.05) is 12.1 Å². The summed E-state index contributed by atoms with van der Waals surface area (Å²) in [5.74, 6) is 0.854. The molecule has 3 N–H and O–H groups in total. The summed E-state index contributed by atoms with van der Waals surface area (Å²) in [6.45, 7) is 1.91. The number of rotatable bonds is 4. The summed E-state index contributed by atoms with van der Waals surface area (Å²) in [6, 6.07) is 10.7. The van der Waals surface area contributed by atoms with Crippen molar-refractivity contribution in [2.45, 2.75) is 51.0 Å². The van der Waals surface area contributed by atoms with Crippen molar-refractivity contribution in [3.05, 3.63) is 47.8 Å². The Morgan fingerprint density at radius 3 is 2.67 bits per heavy atom. The lowest BCUT2D eigenvalue weighted by atomic mass is 9.85. The molecule has 1 saturated heterocycles. The highest BCUT2D eigenvalue weighted by molar-refractivity contribution is 5.98. The number of carbonyl (C=O) groups is 1. The standard InChI is InChI=1S/C26H29N5O.ClH/c27-19-10-12-31(15-19)25-20-5-2-6-22(20)29-23-8-7-17(13-21(23)25)18-9-11-28-24(14-18)30-26(32)16-3-1-4-16;/h7-9,11,13-14,16,19H,1-6,10,12,15,27H2,(H,28,30,32);1H/t19-;/m0./s1. The van der Waals surface area contributed by atoms with Gasteiger partial charge in [0.15, 0.2) is 0 Å². The third-order valence-electron chi connectivity index (χ3n) is 7.34. The van der Waals surface area contributed by atoms with Gasteiger partial charge in [-0.05, 0) is 79.5 Å². The number of benzene rings is 1. The molecule has 0 spiro atoms. The molecule has 3 aromatic rings. The molecule has 2 aromatic heterocycles. The molecule has 1 aliphatic heterocycles. The Morgan fingerprint density at radius 1 is 1.06 bits per heavy atom. The van der Waals surface area contributed by atoms with Crippen LogP contribution in [-0.4, -0.2) is 35.0 Å². The van der Waals surface area contributed by atoms with Crippen molar-refractivity contribution in [3.8, 4) is 11.1 Å². The van der Waals surface area contributed by atoms with E-state index >= 15 is 0 Å². The van der Waals surface area contributed by atoms with Crippen LogP contribution >= 0.6 is 12.4 Å². The maximum absolute atomic E-state index is 12.4. The van der Waals surface area contributed by atoms with E-state index in [-0.39, 0.29) is 30.3 Å². The first-order valence-corrected chi connectivity index (χ1v) is 11.9. The summed E-state index contributed by atoms with van der Waals surface area (Å²) >= 11 is 0. The molecule has 6 rings (SSSR count). The van der Waals surface area contributed by atoms with E-state index in [9.17, 15) is 4.79 Å². The normalized spacial score (nSPS) is 19.8. The molecule has 1 amide bonds. The van der Waals surface area contributed by atoms with Gasteiger partial charge in [-0.1, -0.05) is 12.5 Å². The highest BCUT2D eigenvalue weighted by Crippen LogP contribution is 2.39. The maximum atomic E-state index is 12.4. The minimum atomic E-state index is 0. The second-order valence-electron chi connectivity index (χ2n) is 9.51. The maximum Gasteiger partial charge on any atom is 0.228 e. The second-order valence-corrected chi connectivity index (χ2v) is 9.51. The smallest absolute Gasteiger partial charge is 0.228 e. The Hall–Kier alpha value is -2.70. The minimum absolute atomic E-state index is 0. The summed E-state index contributed by atoms with van der Waals surface area (Å²) in [5, 5.41) is 4.20. The second kappa shape index (κ2) is 8.92. The molecule has 2 fully saturated rings. The van der Waals surface area contributed by atoms with E-state index in [0.717, 1.165) is 68.3 Å². The summed E-state index contributed by atoms with van der Waals surface area (Å²) in [5.41, 5.74) is 13.5. The van der Waals surface area contributed by atoms with Gasteiger partial charge >= 0.3 is 0 Å². The molecular weight excluding hydrogens is 434 g/mol. The van der Waals surface area contributed by atoms with Crippen LogP contribution in [0.4, 0.5) is 11.5 Å². The van der Waals surface area contributed by atoms with Crippen molar-refractivity contribution in [1.82, 2.24) is 9.97 Å². The van der Waals surface area contributed by atoms with Crippen molar-refractivity contribution < 1.29 is 4.79 Å². The van der Waals surface area contributed by atoms with E-state index in [1.165, 1.54) is 28.8 Å². The van der Waals surface area contributed by atoms with E-state index < -0.39 is 0 Å². The number of hydrogen-bond donors (Lipinski definition) is 2. The van der Waals surface area contributed by atoms with Crippen LogP contribution in [0.15, 0.2) is 36.5 Å². The summed E-state index contributed by atoms with van der Waals surface area (Å²) in [6.07, 6.45) is 9.25. The molecule has 3 heterocycles. The number of anilines is 2. The molecule has 1 aromatic carbocycles. The third kappa shape index (κ3) is 4.06. The van der Waals surface area contributed by atoms with E-state index in [0.29, 0.717) is 5.82 Å². The fraction of sp³-hybridized carbons (Fsp3) is 0.423. The number of aryl methyl sites for hydroxylation is 1. The average molecular weight is 464 g/mol. The molecule has 1 saturated carbocycles. The van der Waals surface area contributed by atoms with Crippen molar-refractivity contribution in [3.63, 3.8) is 0 Å². The molecule has 0 radical (unpaired) electrons. The number of aromatic nitrogens is 2. The van der Waals surface area contributed by atoms with E-state index in [4.69, 9.17) is 10.7 Å². The van der Waals surface area contributed by atoms with Gasteiger partial charge in [-0.3, -0.25) is 9.78 Å². The molecule has 7 heteroatoms. The number of nitrogens with zero attached hydrogens (tertiary/aromatic N) is 3. The van der Waals surface area contributed by atoms with Crippen LogP contribution in [0.3, 0.4) is 0 Å². The fourth-order valence-electron chi connectivity index (χ4n) is 5.35. The quantitative estimate of drug-likeness (QED) is 0.595. The molecule has 3 aliphatic rings. The molecule has 0 unspecified atom stereocenters. The highest BCUT2D eigenvalue weighted by Gasteiger charge is 2.28. The number of hydrogen-bond acceptors (Lipinski definition) is 5. The first kappa shape index (κ1) is 22.1. The number of nitrogens with one attached hydrogen (secondary N) is 1. The lowest BCUT2D eigenvalue weighted by molar-refractivity contribution is -0.122. The molecule has 33 heavy (non-hydrogen) atoms. The Morgan fingerprint density at radius 2 is 1.91 bits per heavy atom. The predicted molar refractivity (Wildman–Crippen MR) is 135 cm³/mol. The predicted octanol–water partition coefficient (Wildman–Crippen LogP) is 4.48. The zero-order chi connectivity index (χ0) is 21.7. The van der Waals surface area contributed by atoms with Gasteiger partial charge in [0, 0.05) is 42.3 Å². The molecule has 172 valence electrons. The Bertz CT molecular complexity index is 1210. The summed E-state index contributed by atoms with van der Waals surface area (Å²) in [7, 11) is 0. The molecular formula is C26H30ClN5O. The number of amides is 1. The van der Waals surface area contributed by atoms with Crippen LogP contribution in [0.25, 0.3) is 22.0 Å². The van der Waals surface area contributed by atoms with E-state index in [1.54, 1.807) is 6.20 Å². The summed E-state index contributed by atoms with van der Waals surface area (Å²) in [4.78, 5) is 24.2. The fourth-order valence-corrected chi connectivity index (χ4v) is 5.35. The molecule has 1 atom stereocenters. The third-order valence-corrected chi connectivity index (χ3v) is 7.34. The number of halogens is 1. The van der Waals surface area contributed by atoms with Crippen LogP contribution in [0.1, 0.15) is 43.4 Å². The van der Waals surface area contributed by atoms with Gasteiger partial charge in [-0.15, -0.1) is 12.4 Å². The number of pyridine rings is 2. The van der Waals surface area contributed by atoms with Gasteiger partial charge in [0.2, 0.25) is 5.91 Å². The van der Waals surface area contributed by atoms with Gasteiger partial charge in [0.1, 0.15) is 5.82 Å². The largest absolute Gasteiger partial charge is 0.369 e. The van der Waals surface area contributed by atoms with E-state index in [2.05, 4.69) is 33.4 Å². The van der Waals surface area contributed by atoms with Gasteiger partial charge in [-0.25, -0.2) is 4.98 Å². The van der Waals surface area contributed by atoms with Gasteiger partial charge in [0.25, 0.3) is 0 Å². The van der Waals surface area contributed by atoms with Crippen LogP contribution in [-0.2, 0) is 17.6 Å². The SMILES string of the molecule is Cl.N[C@H]1CCN(c2c3c(nc4ccc(-c5ccnc(NC(=O)C6CCC6)c5)cc24)CCC3)C1. The lowest BCUT2D eigenvalue weighted by Crippen LogP contribution is -2.28. The van der Waals surface area contributed by atoms with Crippen LogP contribution < -0.4 is 16.0 Å². The number of carbonyl (C=O) groups excluding carboxylic acids is 1. The topological polar surface area (TPSA) is 84.1 Å². The Balaban J connectivity index is 0.00000228. The Labute approximate surface area is 200 Å². The zero-order valence-electron chi connectivity index (χ0n) is 18.7. The highest BCUT2D eigenvalue weighted by atomic mass is 35.5. The first-order valence-electron chi connectivity index (χ1n) is 11.9. The van der Waals surface area contributed by atoms with Crippen molar-refractivity contribution >= 4 is 40.7 Å². The van der Waals surface area contributed by atoms with Crippen LogP contribution in [0.2, 0.25) is 0 Å². The first-order chi connectivity index (χ1) is 15.7. The van der Waals surface area contributed by atoms with Gasteiger partial charge < -0.3 is 16.0 Å². The number of nitrogens with two attached hydrogens (primary N) is 1. The van der Waals surface area contributed by atoms with Crippen molar-refractivity contribution in [1.29, 1.82) is 0 Å². The summed E-state index contributed by atoms with van der Waals surface area (Å²) < 4.78 is 0. The van der Waals surface area contributed by atoms with Crippen molar-refractivity contribution in [2.24, 2.45) is 11.7 Å².